The zero-order valence-electron chi connectivity index (χ0n) is 12.0. The van der Waals surface area contributed by atoms with Crippen molar-refractivity contribution in [1.29, 1.82) is 0 Å². The van der Waals surface area contributed by atoms with Crippen LogP contribution in [-0.2, 0) is 11.3 Å². The van der Waals surface area contributed by atoms with E-state index in [1.54, 1.807) is 0 Å². The molecule has 0 N–H and O–H groups in total. The second kappa shape index (κ2) is 5.88. The van der Waals surface area contributed by atoms with Crippen LogP contribution in [0, 0.1) is 11.3 Å². The van der Waals surface area contributed by atoms with E-state index in [2.05, 4.69) is 51.1 Å². The lowest BCUT2D eigenvalue weighted by Gasteiger charge is -2.25. The first-order chi connectivity index (χ1) is 8.66. The molecule has 0 aliphatic heterocycles. The fourth-order valence-electron chi connectivity index (χ4n) is 2.74. The van der Waals surface area contributed by atoms with Gasteiger partial charge in [0, 0.05) is 0 Å². The van der Waals surface area contributed by atoms with Gasteiger partial charge in [-0.25, -0.2) is 0 Å². The van der Waals surface area contributed by atoms with Crippen molar-refractivity contribution in [2.45, 2.75) is 59.2 Å². The first-order valence-electron chi connectivity index (χ1n) is 7.32. The third-order valence-corrected chi connectivity index (χ3v) is 4.54. The summed E-state index contributed by atoms with van der Waals surface area (Å²) in [4.78, 5) is 0. The third kappa shape index (κ3) is 3.35. The molecule has 1 atom stereocenters. The van der Waals surface area contributed by atoms with Crippen LogP contribution in [0.15, 0.2) is 30.3 Å². The second-order valence-corrected chi connectivity index (χ2v) is 6.05. The lowest BCUT2D eigenvalue weighted by atomic mass is 9.86. The van der Waals surface area contributed by atoms with Crippen molar-refractivity contribution >= 4 is 0 Å². The number of hydrogen-bond acceptors (Lipinski definition) is 1. The van der Waals surface area contributed by atoms with Crippen molar-refractivity contribution in [2.75, 3.05) is 0 Å². The van der Waals surface area contributed by atoms with E-state index in [1.807, 2.05) is 0 Å². The van der Waals surface area contributed by atoms with Gasteiger partial charge in [-0.2, -0.15) is 0 Å². The molecule has 1 fully saturated rings. The summed E-state index contributed by atoms with van der Waals surface area (Å²) in [6.45, 7) is 7.72. The number of rotatable bonds is 7. The highest BCUT2D eigenvalue weighted by Crippen LogP contribution is 2.55. The molecule has 1 heteroatoms. The van der Waals surface area contributed by atoms with E-state index in [4.69, 9.17) is 4.74 Å². The van der Waals surface area contributed by atoms with Crippen LogP contribution in [-0.4, -0.2) is 6.10 Å². The molecule has 1 aromatic rings. The van der Waals surface area contributed by atoms with Gasteiger partial charge in [-0.15, -0.1) is 0 Å². The van der Waals surface area contributed by atoms with Crippen LogP contribution < -0.4 is 0 Å². The first kappa shape index (κ1) is 13.6. The van der Waals surface area contributed by atoms with Crippen LogP contribution in [0.1, 0.15) is 52.0 Å². The Morgan fingerprint density at radius 2 is 1.83 bits per heavy atom. The van der Waals surface area contributed by atoms with E-state index < -0.39 is 0 Å². The predicted octanol–water partition coefficient (Wildman–Crippen LogP) is 4.81. The van der Waals surface area contributed by atoms with Crippen molar-refractivity contribution in [3.63, 3.8) is 0 Å². The van der Waals surface area contributed by atoms with Crippen LogP contribution in [0.25, 0.3) is 0 Å². The maximum Gasteiger partial charge on any atom is 0.0720 e. The number of benzene rings is 1. The molecule has 1 aromatic carbocycles. The Labute approximate surface area is 112 Å². The van der Waals surface area contributed by atoms with Crippen molar-refractivity contribution in [3.05, 3.63) is 35.9 Å². The third-order valence-electron chi connectivity index (χ3n) is 4.54. The summed E-state index contributed by atoms with van der Waals surface area (Å²) in [5.41, 5.74) is 1.88. The first-order valence-corrected chi connectivity index (χ1v) is 7.32. The van der Waals surface area contributed by atoms with Crippen LogP contribution >= 0.6 is 0 Å². The Bertz CT molecular complexity index is 351. The standard InChI is InChI=1S/C17H26O/c1-4-16(12-17(10-11-17)14(2)3)18-13-15-8-6-5-7-9-15/h5-9,14,16H,4,10-13H2,1-3H3. The molecule has 0 bridgehead atoms. The highest BCUT2D eigenvalue weighted by molar-refractivity contribution is 5.13. The molecular formula is C17H26O. The van der Waals surface area contributed by atoms with Gasteiger partial charge < -0.3 is 4.74 Å². The van der Waals surface area contributed by atoms with E-state index in [0.717, 1.165) is 18.9 Å². The van der Waals surface area contributed by atoms with Crippen LogP contribution in [0.2, 0.25) is 0 Å². The van der Waals surface area contributed by atoms with Crippen LogP contribution in [0.5, 0.6) is 0 Å². The van der Waals surface area contributed by atoms with Crippen LogP contribution in [0.4, 0.5) is 0 Å². The Kier molecular flexibility index (Phi) is 4.45. The van der Waals surface area contributed by atoms with Gasteiger partial charge in [-0.3, -0.25) is 0 Å². The Morgan fingerprint density at radius 1 is 1.17 bits per heavy atom. The molecule has 1 aliphatic carbocycles. The molecule has 0 amide bonds. The molecule has 0 radical (unpaired) electrons. The Balaban J connectivity index is 1.83. The summed E-state index contributed by atoms with van der Waals surface area (Å²) in [6, 6.07) is 10.5. The summed E-state index contributed by atoms with van der Waals surface area (Å²) in [5, 5.41) is 0. The lowest BCUT2D eigenvalue weighted by molar-refractivity contribution is 0.0128. The molecule has 0 spiro atoms. The highest BCUT2D eigenvalue weighted by Gasteiger charge is 2.46. The normalized spacial score (nSPS) is 18.9. The molecule has 1 unspecified atom stereocenters. The zero-order chi connectivity index (χ0) is 13.0. The fraction of sp³-hybridized carbons (Fsp3) is 0.647. The molecule has 2 rings (SSSR count). The average Bonchev–Trinajstić information content (AvgIpc) is 3.17. The van der Waals surface area contributed by atoms with Gasteiger partial charge in [-0.05, 0) is 42.6 Å². The molecule has 0 heterocycles. The quantitative estimate of drug-likeness (QED) is 0.671. The monoisotopic (exact) mass is 246 g/mol. The van der Waals surface area contributed by atoms with Gasteiger partial charge in [0.2, 0.25) is 0 Å². The summed E-state index contributed by atoms with van der Waals surface area (Å²) in [6.07, 6.45) is 5.59. The van der Waals surface area contributed by atoms with Gasteiger partial charge in [0.05, 0.1) is 12.7 Å². The molecule has 0 saturated heterocycles. The highest BCUT2D eigenvalue weighted by atomic mass is 16.5. The summed E-state index contributed by atoms with van der Waals surface area (Å²) < 4.78 is 6.10. The summed E-state index contributed by atoms with van der Waals surface area (Å²) in [5.74, 6) is 0.798. The van der Waals surface area contributed by atoms with Gasteiger partial charge in [0.1, 0.15) is 0 Å². The van der Waals surface area contributed by atoms with E-state index in [0.29, 0.717) is 11.5 Å². The van der Waals surface area contributed by atoms with E-state index in [-0.39, 0.29) is 0 Å². The van der Waals surface area contributed by atoms with Gasteiger partial charge in [0.25, 0.3) is 0 Å². The minimum Gasteiger partial charge on any atom is -0.374 e. The minimum absolute atomic E-state index is 0.426. The second-order valence-electron chi connectivity index (χ2n) is 6.05. The summed E-state index contributed by atoms with van der Waals surface area (Å²) in [7, 11) is 0. The van der Waals surface area contributed by atoms with Crippen molar-refractivity contribution < 1.29 is 4.74 Å². The van der Waals surface area contributed by atoms with Crippen molar-refractivity contribution in [2.24, 2.45) is 11.3 Å². The molecule has 1 saturated carbocycles. The smallest absolute Gasteiger partial charge is 0.0720 e. The molecule has 100 valence electrons. The average molecular weight is 246 g/mol. The Hall–Kier alpha value is -0.820. The summed E-state index contributed by atoms with van der Waals surface area (Å²) >= 11 is 0. The zero-order valence-corrected chi connectivity index (χ0v) is 12.0. The topological polar surface area (TPSA) is 9.23 Å². The fourth-order valence-corrected chi connectivity index (χ4v) is 2.74. The molecule has 1 aliphatic rings. The number of ether oxygens (including phenoxy) is 1. The largest absolute Gasteiger partial charge is 0.374 e. The van der Waals surface area contributed by atoms with Gasteiger partial charge in [-0.1, -0.05) is 51.1 Å². The van der Waals surface area contributed by atoms with E-state index in [1.165, 1.54) is 24.8 Å². The predicted molar refractivity (Wildman–Crippen MR) is 76.4 cm³/mol. The molecule has 0 aromatic heterocycles. The number of hydrogen-bond donors (Lipinski definition) is 0. The van der Waals surface area contributed by atoms with Gasteiger partial charge in [0.15, 0.2) is 0 Å². The van der Waals surface area contributed by atoms with E-state index in [9.17, 15) is 0 Å². The Morgan fingerprint density at radius 3 is 2.33 bits per heavy atom. The maximum atomic E-state index is 6.10. The van der Waals surface area contributed by atoms with Crippen molar-refractivity contribution in [3.8, 4) is 0 Å². The van der Waals surface area contributed by atoms with E-state index >= 15 is 0 Å². The SMILES string of the molecule is CCC(CC1(C(C)C)CC1)OCc1ccccc1. The molecule has 1 nitrogen and oxygen atoms in total. The molecular weight excluding hydrogens is 220 g/mol. The van der Waals surface area contributed by atoms with Crippen molar-refractivity contribution in [1.82, 2.24) is 0 Å². The minimum atomic E-state index is 0.426. The van der Waals surface area contributed by atoms with Crippen LogP contribution in [0.3, 0.4) is 0 Å². The molecule has 18 heavy (non-hydrogen) atoms. The maximum absolute atomic E-state index is 6.10. The van der Waals surface area contributed by atoms with Gasteiger partial charge >= 0.3 is 0 Å². The lowest BCUT2D eigenvalue weighted by Crippen LogP contribution is -2.21.